The molecule has 2 aromatic rings. The van der Waals surface area contributed by atoms with Crippen LogP contribution in [0.1, 0.15) is 43.9 Å². The summed E-state index contributed by atoms with van der Waals surface area (Å²) in [5.41, 5.74) is 3.08. The van der Waals surface area contributed by atoms with E-state index in [9.17, 15) is 8.42 Å². The molecule has 2 rings (SSSR count). The number of hydrogen-bond acceptors (Lipinski definition) is 3. The van der Waals surface area contributed by atoms with E-state index in [2.05, 4.69) is 30.5 Å². The molecule has 0 saturated carbocycles. The molecule has 134 valence electrons. The SMILES string of the molecule is CC(C)c1ccccc1NC(=S)NC(C)c1ccc(S(N)(=O)=O)cc1. The fourth-order valence-electron chi connectivity index (χ4n) is 2.50. The van der Waals surface area contributed by atoms with Gasteiger partial charge in [0.15, 0.2) is 5.11 Å². The van der Waals surface area contributed by atoms with Gasteiger partial charge in [-0.3, -0.25) is 0 Å². The van der Waals surface area contributed by atoms with Crippen molar-refractivity contribution < 1.29 is 8.42 Å². The first-order chi connectivity index (χ1) is 11.7. The van der Waals surface area contributed by atoms with Crippen molar-refractivity contribution in [3.63, 3.8) is 0 Å². The third-order valence-electron chi connectivity index (χ3n) is 3.89. The summed E-state index contributed by atoms with van der Waals surface area (Å²) in [4.78, 5) is 0.0926. The molecule has 4 N–H and O–H groups in total. The molecule has 7 heteroatoms. The van der Waals surface area contributed by atoms with Gasteiger partial charge < -0.3 is 10.6 Å². The lowest BCUT2D eigenvalue weighted by Gasteiger charge is -2.20. The van der Waals surface area contributed by atoms with Gasteiger partial charge in [0, 0.05) is 5.69 Å². The monoisotopic (exact) mass is 377 g/mol. The zero-order valence-corrected chi connectivity index (χ0v) is 16.1. The number of anilines is 1. The lowest BCUT2D eigenvalue weighted by molar-refractivity contribution is 0.597. The first-order valence-corrected chi connectivity index (χ1v) is 9.93. The summed E-state index contributed by atoms with van der Waals surface area (Å²) in [6, 6.07) is 14.4. The van der Waals surface area contributed by atoms with Crippen molar-refractivity contribution in [1.29, 1.82) is 0 Å². The van der Waals surface area contributed by atoms with Gasteiger partial charge in [-0.1, -0.05) is 44.2 Å². The average Bonchev–Trinajstić information content (AvgIpc) is 2.54. The van der Waals surface area contributed by atoms with Gasteiger partial charge in [-0.05, 0) is 54.4 Å². The van der Waals surface area contributed by atoms with Gasteiger partial charge in [0.2, 0.25) is 10.0 Å². The predicted octanol–water partition coefficient (Wildman–Crippen LogP) is 3.51. The molecule has 0 bridgehead atoms. The maximum absolute atomic E-state index is 11.3. The highest BCUT2D eigenvalue weighted by Crippen LogP contribution is 2.24. The van der Waals surface area contributed by atoms with Crippen LogP contribution in [0.3, 0.4) is 0 Å². The van der Waals surface area contributed by atoms with Crippen LogP contribution in [0.5, 0.6) is 0 Å². The Labute approximate surface area is 154 Å². The number of nitrogens with two attached hydrogens (primary N) is 1. The van der Waals surface area contributed by atoms with Crippen LogP contribution in [0.15, 0.2) is 53.4 Å². The highest BCUT2D eigenvalue weighted by molar-refractivity contribution is 7.89. The summed E-state index contributed by atoms with van der Waals surface area (Å²) < 4.78 is 22.6. The summed E-state index contributed by atoms with van der Waals surface area (Å²) in [6.45, 7) is 6.22. The number of rotatable bonds is 5. The molecular weight excluding hydrogens is 354 g/mol. The second-order valence-electron chi connectivity index (χ2n) is 6.18. The van der Waals surface area contributed by atoms with E-state index >= 15 is 0 Å². The van der Waals surface area contributed by atoms with Gasteiger partial charge in [-0.15, -0.1) is 0 Å². The van der Waals surface area contributed by atoms with Crippen molar-refractivity contribution in [2.45, 2.75) is 37.6 Å². The summed E-state index contributed by atoms with van der Waals surface area (Å²) in [5, 5.41) is 12.1. The lowest BCUT2D eigenvalue weighted by Crippen LogP contribution is -2.31. The number of hydrogen-bond donors (Lipinski definition) is 3. The van der Waals surface area contributed by atoms with Gasteiger partial charge in [0.25, 0.3) is 0 Å². The molecule has 5 nitrogen and oxygen atoms in total. The second kappa shape index (κ2) is 7.95. The molecule has 0 saturated heterocycles. The van der Waals surface area contributed by atoms with E-state index in [1.165, 1.54) is 17.7 Å². The highest BCUT2D eigenvalue weighted by atomic mass is 32.2. The molecule has 1 atom stereocenters. The Morgan fingerprint density at radius 3 is 2.20 bits per heavy atom. The van der Waals surface area contributed by atoms with Crippen LogP contribution in [0.25, 0.3) is 0 Å². The number of sulfonamides is 1. The van der Waals surface area contributed by atoms with Crippen LogP contribution in [0, 0.1) is 0 Å². The molecular formula is C18H23N3O2S2. The number of benzene rings is 2. The van der Waals surface area contributed by atoms with E-state index in [0.29, 0.717) is 11.0 Å². The Balaban J connectivity index is 2.06. The minimum absolute atomic E-state index is 0.0826. The normalized spacial score (nSPS) is 12.7. The average molecular weight is 378 g/mol. The lowest BCUT2D eigenvalue weighted by atomic mass is 10.0. The number of thiocarbonyl (C=S) groups is 1. The molecule has 0 fully saturated rings. The van der Waals surface area contributed by atoms with Crippen molar-refractivity contribution in [2.75, 3.05) is 5.32 Å². The summed E-state index contributed by atoms with van der Waals surface area (Å²) >= 11 is 5.41. The van der Waals surface area contributed by atoms with E-state index in [4.69, 9.17) is 17.4 Å². The summed E-state index contributed by atoms with van der Waals surface area (Å²) in [5.74, 6) is 0.384. The van der Waals surface area contributed by atoms with Crippen LogP contribution in [0.2, 0.25) is 0 Å². The van der Waals surface area contributed by atoms with Crippen LogP contribution in [-0.4, -0.2) is 13.5 Å². The Morgan fingerprint density at radius 2 is 1.64 bits per heavy atom. The highest BCUT2D eigenvalue weighted by Gasteiger charge is 2.12. The standard InChI is InChI=1S/C18H23N3O2S2/c1-12(2)16-6-4-5-7-17(16)21-18(24)20-13(3)14-8-10-15(11-9-14)25(19,22)23/h4-13H,1-3H3,(H2,19,22,23)(H2,20,21,24). The fourth-order valence-corrected chi connectivity index (χ4v) is 3.30. The molecule has 2 aromatic carbocycles. The molecule has 25 heavy (non-hydrogen) atoms. The molecule has 1 unspecified atom stereocenters. The molecule has 0 aliphatic carbocycles. The van der Waals surface area contributed by atoms with Crippen molar-refractivity contribution in [3.8, 4) is 0 Å². The Morgan fingerprint density at radius 1 is 1.04 bits per heavy atom. The molecule has 0 heterocycles. The van der Waals surface area contributed by atoms with Crippen molar-refractivity contribution in [2.24, 2.45) is 5.14 Å². The van der Waals surface area contributed by atoms with Crippen molar-refractivity contribution in [3.05, 3.63) is 59.7 Å². The molecule has 0 radical (unpaired) electrons. The van der Waals surface area contributed by atoms with Crippen molar-refractivity contribution >= 4 is 33.0 Å². The third-order valence-corrected chi connectivity index (χ3v) is 5.04. The minimum Gasteiger partial charge on any atom is -0.356 e. The molecule has 0 aromatic heterocycles. The number of nitrogens with one attached hydrogen (secondary N) is 2. The van der Waals surface area contributed by atoms with E-state index < -0.39 is 10.0 Å². The Hall–Kier alpha value is -1.96. The van der Waals surface area contributed by atoms with Gasteiger partial charge in [0.1, 0.15) is 0 Å². The van der Waals surface area contributed by atoms with Gasteiger partial charge >= 0.3 is 0 Å². The smallest absolute Gasteiger partial charge is 0.238 e. The Kier molecular flexibility index (Phi) is 6.16. The fraction of sp³-hybridized carbons (Fsp3) is 0.278. The van der Waals surface area contributed by atoms with E-state index in [1.807, 2.05) is 25.1 Å². The first-order valence-electron chi connectivity index (χ1n) is 7.97. The van der Waals surface area contributed by atoms with E-state index in [1.54, 1.807) is 12.1 Å². The summed E-state index contributed by atoms with van der Waals surface area (Å²) in [6.07, 6.45) is 0. The summed E-state index contributed by atoms with van der Waals surface area (Å²) in [7, 11) is -3.68. The molecule has 0 amide bonds. The van der Waals surface area contributed by atoms with Crippen LogP contribution in [-0.2, 0) is 10.0 Å². The van der Waals surface area contributed by atoms with Crippen molar-refractivity contribution in [1.82, 2.24) is 5.32 Å². The molecule has 0 spiro atoms. The number of para-hydroxylation sites is 1. The molecule has 0 aliphatic heterocycles. The largest absolute Gasteiger partial charge is 0.356 e. The minimum atomic E-state index is -3.68. The van der Waals surface area contributed by atoms with Crippen LogP contribution in [0.4, 0.5) is 5.69 Å². The van der Waals surface area contributed by atoms with Crippen LogP contribution >= 0.6 is 12.2 Å². The number of primary sulfonamides is 1. The van der Waals surface area contributed by atoms with Gasteiger partial charge in [0.05, 0.1) is 10.9 Å². The zero-order valence-electron chi connectivity index (χ0n) is 14.5. The van der Waals surface area contributed by atoms with E-state index in [0.717, 1.165) is 11.3 Å². The predicted molar refractivity (Wildman–Crippen MR) is 106 cm³/mol. The maximum atomic E-state index is 11.3. The quantitative estimate of drug-likeness (QED) is 0.695. The van der Waals surface area contributed by atoms with E-state index in [-0.39, 0.29) is 10.9 Å². The maximum Gasteiger partial charge on any atom is 0.238 e. The van der Waals surface area contributed by atoms with Crippen LogP contribution < -0.4 is 15.8 Å². The van der Waals surface area contributed by atoms with Gasteiger partial charge in [-0.25, -0.2) is 13.6 Å². The zero-order chi connectivity index (χ0) is 18.6. The molecule has 0 aliphatic rings. The third kappa shape index (κ3) is 5.26. The van der Waals surface area contributed by atoms with Gasteiger partial charge in [-0.2, -0.15) is 0 Å². The topological polar surface area (TPSA) is 84.2 Å². The second-order valence-corrected chi connectivity index (χ2v) is 8.15. The first kappa shape index (κ1) is 19.4. The Bertz CT molecular complexity index is 847.